The van der Waals surface area contributed by atoms with Gasteiger partial charge in [0.05, 0.1) is 0 Å². The molecular weight excluding hydrogens is 202 g/mol. The van der Waals surface area contributed by atoms with Crippen LogP contribution in [0.15, 0.2) is 0 Å². The first kappa shape index (κ1) is 11.7. The van der Waals surface area contributed by atoms with Gasteiger partial charge in [0.1, 0.15) is 0 Å². The fraction of sp³-hybridized carbons (Fsp3) is 0.917. The van der Waals surface area contributed by atoms with Crippen LogP contribution in [0.25, 0.3) is 0 Å². The van der Waals surface area contributed by atoms with E-state index in [4.69, 9.17) is 0 Å². The Hall–Kier alpha value is -0.770. The van der Waals surface area contributed by atoms with Crippen molar-refractivity contribution in [3.63, 3.8) is 0 Å². The number of likely N-dealkylation sites (tertiary alicyclic amines) is 1. The number of nitrogens with one attached hydrogen (secondary N) is 2. The SMILES string of the molecule is O=C(NC1CCCNC1)N1CCCCCC1. The summed E-state index contributed by atoms with van der Waals surface area (Å²) in [7, 11) is 0. The van der Waals surface area contributed by atoms with E-state index in [2.05, 4.69) is 10.6 Å². The van der Waals surface area contributed by atoms with Gasteiger partial charge in [-0.2, -0.15) is 0 Å². The summed E-state index contributed by atoms with van der Waals surface area (Å²) in [6, 6.07) is 0.486. The summed E-state index contributed by atoms with van der Waals surface area (Å²) in [5.41, 5.74) is 0. The topological polar surface area (TPSA) is 44.4 Å². The van der Waals surface area contributed by atoms with Crippen LogP contribution in [0.4, 0.5) is 4.79 Å². The Morgan fingerprint density at radius 2 is 1.88 bits per heavy atom. The highest BCUT2D eigenvalue weighted by Gasteiger charge is 2.20. The van der Waals surface area contributed by atoms with Crippen molar-refractivity contribution < 1.29 is 4.79 Å². The Kier molecular flexibility index (Phi) is 4.45. The molecule has 92 valence electrons. The molecule has 16 heavy (non-hydrogen) atoms. The van der Waals surface area contributed by atoms with Crippen LogP contribution >= 0.6 is 0 Å². The lowest BCUT2D eigenvalue weighted by Gasteiger charge is -2.28. The molecule has 2 aliphatic heterocycles. The van der Waals surface area contributed by atoms with E-state index >= 15 is 0 Å². The second-order valence-electron chi connectivity index (χ2n) is 4.89. The number of piperidine rings is 1. The van der Waals surface area contributed by atoms with Gasteiger partial charge in [-0.05, 0) is 32.2 Å². The van der Waals surface area contributed by atoms with Crippen LogP contribution in [-0.2, 0) is 0 Å². The van der Waals surface area contributed by atoms with Gasteiger partial charge in [0.2, 0.25) is 0 Å². The second kappa shape index (κ2) is 6.09. The van der Waals surface area contributed by atoms with E-state index in [9.17, 15) is 4.79 Å². The zero-order valence-electron chi connectivity index (χ0n) is 10.0. The van der Waals surface area contributed by atoms with Gasteiger partial charge in [-0.3, -0.25) is 0 Å². The minimum absolute atomic E-state index is 0.149. The Bertz CT molecular complexity index is 218. The molecule has 4 heteroatoms. The van der Waals surface area contributed by atoms with Gasteiger partial charge < -0.3 is 15.5 Å². The molecule has 2 N–H and O–H groups in total. The summed E-state index contributed by atoms with van der Waals surface area (Å²) in [6.07, 6.45) is 7.16. The van der Waals surface area contributed by atoms with E-state index in [-0.39, 0.29) is 6.03 Å². The predicted molar refractivity (Wildman–Crippen MR) is 64.5 cm³/mol. The van der Waals surface area contributed by atoms with Gasteiger partial charge in [-0.25, -0.2) is 4.79 Å². The smallest absolute Gasteiger partial charge is 0.317 e. The van der Waals surface area contributed by atoms with Crippen LogP contribution in [0.5, 0.6) is 0 Å². The standard InChI is InChI=1S/C12H23N3O/c16-12(14-11-6-5-7-13-10-11)15-8-3-1-2-4-9-15/h11,13H,1-10H2,(H,14,16). The molecule has 2 heterocycles. The highest BCUT2D eigenvalue weighted by atomic mass is 16.2. The molecule has 0 spiro atoms. The molecule has 0 aromatic rings. The zero-order chi connectivity index (χ0) is 11.2. The van der Waals surface area contributed by atoms with Crippen LogP contribution in [0.3, 0.4) is 0 Å². The molecule has 0 aromatic carbocycles. The van der Waals surface area contributed by atoms with E-state index < -0.39 is 0 Å². The number of carbonyl (C=O) groups is 1. The maximum Gasteiger partial charge on any atom is 0.317 e. The van der Waals surface area contributed by atoms with Crippen LogP contribution in [0, 0.1) is 0 Å². The number of carbonyl (C=O) groups excluding carboxylic acids is 1. The maximum absolute atomic E-state index is 12.0. The van der Waals surface area contributed by atoms with Crippen molar-refractivity contribution in [1.82, 2.24) is 15.5 Å². The highest BCUT2D eigenvalue weighted by Crippen LogP contribution is 2.10. The van der Waals surface area contributed by atoms with E-state index in [1.165, 1.54) is 19.3 Å². The van der Waals surface area contributed by atoms with E-state index in [0.29, 0.717) is 6.04 Å². The minimum atomic E-state index is 0.149. The molecule has 2 saturated heterocycles. The van der Waals surface area contributed by atoms with E-state index in [1.807, 2.05) is 4.90 Å². The molecular formula is C12H23N3O. The monoisotopic (exact) mass is 225 g/mol. The number of hydrogen-bond acceptors (Lipinski definition) is 2. The Balaban J connectivity index is 1.76. The Morgan fingerprint density at radius 3 is 2.50 bits per heavy atom. The van der Waals surface area contributed by atoms with Gasteiger partial charge in [0, 0.05) is 25.7 Å². The molecule has 0 bridgehead atoms. The van der Waals surface area contributed by atoms with Crippen molar-refractivity contribution >= 4 is 6.03 Å². The van der Waals surface area contributed by atoms with Crippen LogP contribution < -0.4 is 10.6 Å². The summed E-state index contributed by atoms with van der Waals surface area (Å²) in [5, 5.41) is 6.46. The molecule has 2 aliphatic rings. The predicted octanol–water partition coefficient (Wildman–Crippen LogP) is 1.32. The normalized spacial score (nSPS) is 27.2. The largest absolute Gasteiger partial charge is 0.334 e. The maximum atomic E-state index is 12.0. The second-order valence-corrected chi connectivity index (χ2v) is 4.89. The van der Waals surface area contributed by atoms with Gasteiger partial charge in [-0.15, -0.1) is 0 Å². The summed E-state index contributed by atoms with van der Waals surface area (Å²) < 4.78 is 0. The lowest BCUT2D eigenvalue weighted by atomic mass is 10.1. The molecule has 0 aromatic heterocycles. The van der Waals surface area contributed by atoms with Crippen molar-refractivity contribution in [3.8, 4) is 0 Å². The third-order valence-corrected chi connectivity index (χ3v) is 3.52. The van der Waals surface area contributed by atoms with Crippen molar-refractivity contribution in [1.29, 1.82) is 0 Å². The third-order valence-electron chi connectivity index (χ3n) is 3.52. The molecule has 2 fully saturated rings. The number of nitrogens with zero attached hydrogens (tertiary/aromatic N) is 1. The Morgan fingerprint density at radius 1 is 1.12 bits per heavy atom. The number of amides is 2. The minimum Gasteiger partial charge on any atom is -0.334 e. The van der Waals surface area contributed by atoms with Gasteiger partial charge >= 0.3 is 6.03 Å². The van der Waals surface area contributed by atoms with Gasteiger partial charge in [0.25, 0.3) is 0 Å². The molecule has 0 radical (unpaired) electrons. The molecule has 0 saturated carbocycles. The first-order valence-corrected chi connectivity index (χ1v) is 6.62. The number of hydrogen-bond donors (Lipinski definition) is 2. The van der Waals surface area contributed by atoms with E-state index in [1.54, 1.807) is 0 Å². The van der Waals surface area contributed by atoms with Crippen molar-refractivity contribution in [3.05, 3.63) is 0 Å². The number of urea groups is 1. The average Bonchev–Trinajstić information content (AvgIpc) is 2.59. The van der Waals surface area contributed by atoms with Crippen molar-refractivity contribution in [2.24, 2.45) is 0 Å². The first-order valence-electron chi connectivity index (χ1n) is 6.62. The number of rotatable bonds is 1. The average molecular weight is 225 g/mol. The molecule has 2 amide bonds. The summed E-state index contributed by atoms with van der Waals surface area (Å²) in [6.45, 7) is 3.90. The van der Waals surface area contributed by atoms with Crippen LogP contribution in [0.1, 0.15) is 38.5 Å². The van der Waals surface area contributed by atoms with Crippen molar-refractivity contribution in [2.45, 2.75) is 44.6 Å². The summed E-state index contributed by atoms with van der Waals surface area (Å²) in [4.78, 5) is 14.0. The fourth-order valence-corrected chi connectivity index (χ4v) is 2.51. The molecule has 4 nitrogen and oxygen atoms in total. The van der Waals surface area contributed by atoms with Crippen molar-refractivity contribution in [2.75, 3.05) is 26.2 Å². The Labute approximate surface area is 97.8 Å². The van der Waals surface area contributed by atoms with Gasteiger partial charge in [0.15, 0.2) is 0 Å². The molecule has 2 rings (SSSR count). The third kappa shape index (κ3) is 3.37. The lowest BCUT2D eigenvalue weighted by molar-refractivity contribution is 0.193. The fourth-order valence-electron chi connectivity index (χ4n) is 2.51. The molecule has 0 aliphatic carbocycles. The van der Waals surface area contributed by atoms with Crippen LogP contribution in [-0.4, -0.2) is 43.2 Å². The molecule has 1 atom stereocenters. The highest BCUT2D eigenvalue weighted by molar-refractivity contribution is 5.74. The van der Waals surface area contributed by atoms with E-state index in [0.717, 1.165) is 45.4 Å². The quantitative estimate of drug-likeness (QED) is 0.707. The summed E-state index contributed by atoms with van der Waals surface area (Å²) in [5.74, 6) is 0. The molecule has 1 unspecified atom stereocenters. The van der Waals surface area contributed by atoms with Crippen LogP contribution in [0.2, 0.25) is 0 Å². The first-order chi connectivity index (χ1) is 7.86. The summed E-state index contributed by atoms with van der Waals surface area (Å²) >= 11 is 0. The zero-order valence-corrected chi connectivity index (χ0v) is 10.0. The van der Waals surface area contributed by atoms with Gasteiger partial charge in [-0.1, -0.05) is 12.8 Å². The lowest BCUT2D eigenvalue weighted by Crippen LogP contribution is -2.50.